The van der Waals surface area contributed by atoms with Crippen molar-refractivity contribution in [3.63, 3.8) is 0 Å². The monoisotopic (exact) mass is 469 g/mol. The van der Waals surface area contributed by atoms with Crippen molar-refractivity contribution in [3.05, 3.63) is 78.0 Å². The number of nitrogens with one attached hydrogen (secondary N) is 1. The number of amides is 2. The summed E-state index contributed by atoms with van der Waals surface area (Å²) in [6, 6.07) is 19.4. The van der Waals surface area contributed by atoms with E-state index in [0.29, 0.717) is 22.8 Å². The number of aromatic nitrogens is 1. The number of aryl methyl sites for hydroxylation is 1. The number of nitrogens with zero attached hydrogens (tertiary/aromatic N) is 4. The summed E-state index contributed by atoms with van der Waals surface area (Å²) in [5.74, 6) is 0.0874. The summed E-state index contributed by atoms with van der Waals surface area (Å²) < 4.78 is 0. The van der Waals surface area contributed by atoms with Gasteiger partial charge in [-0.3, -0.25) is 14.5 Å². The van der Waals surface area contributed by atoms with Crippen LogP contribution in [0.25, 0.3) is 0 Å². The first-order valence-corrected chi connectivity index (χ1v) is 12.4. The van der Waals surface area contributed by atoms with E-state index in [9.17, 15) is 9.59 Å². The number of likely N-dealkylation sites (N-methyl/N-ethyl adjacent to an activating group) is 1. The zero-order valence-corrected chi connectivity index (χ0v) is 20.3. The van der Waals surface area contributed by atoms with Gasteiger partial charge >= 0.3 is 0 Å². The summed E-state index contributed by atoms with van der Waals surface area (Å²) in [6.45, 7) is 7.40. The number of pyridine rings is 1. The minimum absolute atomic E-state index is 0.116. The number of benzene rings is 2. The molecule has 2 aliphatic rings. The van der Waals surface area contributed by atoms with E-state index >= 15 is 0 Å². The Morgan fingerprint density at radius 2 is 1.77 bits per heavy atom. The number of carbonyl (C=O) groups is 2. The third-order valence-electron chi connectivity index (χ3n) is 7.04. The molecule has 3 aromatic rings. The van der Waals surface area contributed by atoms with Gasteiger partial charge in [0, 0.05) is 24.5 Å². The van der Waals surface area contributed by atoms with Gasteiger partial charge in [0.05, 0.1) is 23.5 Å². The fraction of sp³-hybridized carbons (Fsp3) is 0.321. The molecular formula is C28H31N5O2. The predicted molar refractivity (Wildman–Crippen MR) is 139 cm³/mol. The van der Waals surface area contributed by atoms with Crippen LogP contribution in [0.3, 0.4) is 0 Å². The maximum Gasteiger partial charge on any atom is 0.257 e. The second kappa shape index (κ2) is 9.88. The molecule has 35 heavy (non-hydrogen) atoms. The van der Waals surface area contributed by atoms with Gasteiger partial charge in [0.15, 0.2) is 5.82 Å². The maximum absolute atomic E-state index is 14.1. The summed E-state index contributed by atoms with van der Waals surface area (Å²) >= 11 is 0. The van der Waals surface area contributed by atoms with Crippen molar-refractivity contribution < 1.29 is 9.59 Å². The van der Waals surface area contributed by atoms with E-state index in [2.05, 4.69) is 52.1 Å². The summed E-state index contributed by atoms with van der Waals surface area (Å²) in [4.78, 5) is 37.8. The molecule has 0 saturated heterocycles. The van der Waals surface area contributed by atoms with Crippen LogP contribution in [0.2, 0.25) is 0 Å². The Bertz CT molecular complexity index is 1240. The van der Waals surface area contributed by atoms with Crippen LogP contribution in [0.15, 0.2) is 66.9 Å². The Hall–Kier alpha value is -3.71. The Labute approximate surface area is 206 Å². The van der Waals surface area contributed by atoms with E-state index in [1.165, 1.54) is 5.56 Å². The molecule has 5 rings (SSSR count). The Morgan fingerprint density at radius 3 is 2.57 bits per heavy atom. The molecule has 1 atom stereocenters. The van der Waals surface area contributed by atoms with Crippen molar-refractivity contribution in [2.75, 3.05) is 41.3 Å². The summed E-state index contributed by atoms with van der Waals surface area (Å²) in [5, 5.41) is 2.92. The van der Waals surface area contributed by atoms with E-state index in [1.54, 1.807) is 29.3 Å². The predicted octanol–water partition coefficient (Wildman–Crippen LogP) is 4.48. The number of hydrogen-bond donors (Lipinski definition) is 1. The highest BCUT2D eigenvalue weighted by Crippen LogP contribution is 2.37. The highest BCUT2D eigenvalue weighted by Gasteiger charge is 2.34. The van der Waals surface area contributed by atoms with Crippen molar-refractivity contribution in [1.82, 2.24) is 9.88 Å². The van der Waals surface area contributed by atoms with Crippen molar-refractivity contribution in [3.8, 4) is 0 Å². The molecule has 1 N–H and O–H groups in total. The molecule has 0 fully saturated rings. The van der Waals surface area contributed by atoms with Crippen molar-refractivity contribution in [2.45, 2.75) is 32.7 Å². The molecule has 2 amide bonds. The maximum atomic E-state index is 14.1. The van der Waals surface area contributed by atoms with Gasteiger partial charge in [-0.05, 0) is 61.8 Å². The lowest BCUT2D eigenvalue weighted by Crippen LogP contribution is -2.50. The molecule has 0 spiro atoms. The molecule has 1 aromatic heterocycles. The van der Waals surface area contributed by atoms with E-state index < -0.39 is 0 Å². The molecule has 1 unspecified atom stereocenters. The van der Waals surface area contributed by atoms with Gasteiger partial charge in [-0.25, -0.2) is 4.98 Å². The summed E-state index contributed by atoms with van der Waals surface area (Å²) in [5.41, 5.74) is 3.92. The lowest BCUT2D eigenvalue weighted by molar-refractivity contribution is -0.116. The molecule has 0 radical (unpaired) electrons. The smallest absolute Gasteiger partial charge is 0.257 e. The molecule has 0 aliphatic carbocycles. The van der Waals surface area contributed by atoms with Gasteiger partial charge in [0.2, 0.25) is 0 Å². The van der Waals surface area contributed by atoms with Crippen LogP contribution in [0.5, 0.6) is 0 Å². The van der Waals surface area contributed by atoms with E-state index in [0.717, 1.165) is 38.2 Å². The van der Waals surface area contributed by atoms with Crippen molar-refractivity contribution >= 4 is 34.7 Å². The van der Waals surface area contributed by atoms with Gasteiger partial charge in [-0.1, -0.05) is 44.2 Å². The van der Waals surface area contributed by atoms with Crippen LogP contribution in [-0.4, -0.2) is 53.9 Å². The molecule has 0 saturated carbocycles. The molecule has 2 aromatic carbocycles. The fourth-order valence-electron chi connectivity index (χ4n) is 5.17. The number of rotatable bonds is 6. The first kappa shape index (κ1) is 23.1. The lowest BCUT2D eigenvalue weighted by Gasteiger charge is -2.41. The molecule has 180 valence electrons. The van der Waals surface area contributed by atoms with Gasteiger partial charge in [-0.2, -0.15) is 0 Å². The fourth-order valence-corrected chi connectivity index (χ4v) is 5.17. The van der Waals surface area contributed by atoms with E-state index in [-0.39, 0.29) is 24.4 Å². The average Bonchev–Trinajstić information content (AvgIpc) is 3.02. The molecule has 0 bridgehead atoms. The minimum atomic E-state index is -0.243. The van der Waals surface area contributed by atoms with Crippen molar-refractivity contribution in [1.29, 1.82) is 0 Å². The highest BCUT2D eigenvalue weighted by atomic mass is 16.2. The standard InChI is InChI=1S/C28H31N5O2/c1-3-31(4-2)18-21-16-15-20-10-5-7-13-24(20)32(21)19-26(34)33-25-14-8-6-11-22(25)28(35)30-23-12-9-17-29-27(23)33/h5-14,17,21H,3-4,15-16,18-19H2,1-2H3,(H,30,35). The first-order chi connectivity index (χ1) is 17.1. The summed E-state index contributed by atoms with van der Waals surface area (Å²) in [6.07, 6.45) is 3.65. The molecule has 3 heterocycles. The van der Waals surface area contributed by atoms with E-state index in [4.69, 9.17) is 0 Å². The third kappa shape index (κ3) is 4.39. The van der Waals surface area contributed by atoms with Crippen LogP contribution in [0, 0.1) is 0 Å². The molecular weight excluding hydrogens is 438 g/mol. The van der Waals surface area contributed by atoms with Gasteiger partial charge in [0.1, 0.15) is 0 Å². The first-order valence-electron chi connectivity index (χ1n) is 12.4. The largest absolute Gasteiger partial charge is 0.358 e. The second-order valence-corrected chi connectivity index (χ2v) is 9.01. The van der Waals surface area contributed by atoms with Crippen LogP contribution in [0.1, 0.15) is 36.2 Å². The van der Waals surface area contributed by atoms with E-state index in [1.807, 2.05) is 24.3 Å². The molecule has 7 heteroatoms. The van der Waals surface area contributed by atoms with Crippen LogP contribution >= 0.6 is 0 Å². The number of para-hydroxylation sites is 2. The average molecular weight is 470 g/mol. The second-order valence-electron chi connectivity index (χ2n) is 9.01. The van der Waals surface area contributed by atoms with Gasteiger partial charge in [-0.15, -0.1) is 0 Å². The Morgan fingerprint density at radius 1 is 1.03 bits per heavy atom. The Kier molecular flexibility index (Phi) is 6.51. The topological polar surface area (TPSA) is 68.8 Å². The van der Waals surface area contributed by atoms with Gasteiger partial charge in [0.25, 0.3) is 11.8 Å². The van der Waals surface area contributed by atoms with Gasteiger partial charge < -0.3 is 15.1 Å². The zero-order chi connectivity index (χ0) is 24.4. The zero-order valence-electron chi connectivity index (χ0n) is 20.3. The highest BCUT2D eigenvalue weighted by molar-refractivity contribution is 6.17. The third-order valence-corrected chi connectivity index (χ3v) is 7.04. The molecule has 2 aliphatic heterocycles. The number of hydrogen-bond acceptors (Lipinski definition) is 5. The summed E-state index contributed by atoms with van der Waals surface area (Å²) in [7, 11) is 0. The van der Waals surface area contributed by atoms with Crippen molar-refractivity contribution in [2.24, 2.45) is 0 Å². The van der Waals surface area contributed by atoms with Crippen LogP contribution in [-0.2, 0) is 11.2 Å². The quantitative estimate of drug-likeness (QED) is 0.577. The normalized spacial score (nSPS) is 16.8. The minimum Gasteiger partial charge on any atom is -0.358 e. The molecule has 7 nitrogen and oxygen atoms in total. The number of fused-ring (bicyclic) bond motifs is 3. The SMILES string of the molecule is CCN(CC)CC1CCc2ccccc2N1CC(=O)N1c2ccccc2C(=O)Nc2cccnc21. The van der Waals surface area contributed by atoms with Crippen LogP contribution in [0.4, 0.5) is 22.9 Å². The van der Waals surface area contributed by atoms with Crippen LogP contribution < -0.4 is 15.1 Å². The number of carbonyl (C=O) groups excluding carboxylic acids is 2. The number of anilines is 4. The lowest BCUT2D eigenvalue weighted by atomic mass is 9.95. The Balaban J connectivity index is 1.55.